The molecule has 0 radical (unpaired) electrons. The van der Waals surface area contributed by atoms with Gasteiger partial charge in [-0.25, -0.2) is 0 Å². The van der Waals surface area contributed by atoms with E-state index < -0.39 is 17.7 Å². The van der Waals surface area contributed by atoms with E-state index in [0.717, 1.165) is 5.56 Å². The first-order chi connectivity index (χ1) is 18.4. The summed E-state index contributed by atoms with van der Waals surface area (Å²) in [5.41, 5.74) is 2.76. The zero-order valence-corrected chi connectivity index (χ0v) is 21.9. The second kappa shape index (κ2) is 11.8. The molecule has 0 bridgehead atoms. The fraction of sp³-hybridized carbons (Fsp3) is 0.267. The van der Waals surface area contributed by atoms with Crippen molar-refractivity contribution in [1.29, 1.82) is 0 Å². The Bertz CT molecular complexity index is 1350. The summed E-state index contributed by atoms with van der Waals surface area (Å²) in [5, 5.41) is 11.4. The third kappa shape index (κ3) is 5.35. The number of amides is 1. The van der Waals surface area contributed by atoms with Crippen molar-refractivity contribution in [2.75, 3.05) is 34.5 Å². The molecule has 1 fully saturated rings. The zero-order valence-electron chi connectivity index (χ0n) is 21.9. The van der Waals surface area contributed by atoms with Gasteiger partial charge in [0.2, 0.25) is 0 Å². The van der Waals surface area contributed by atoms with Crippen molar-refractivity contribution < 1.29 is 33.6 Å². The predicted octanol–water partition coefficient (Wildman–Crippen LogP) is 4.66. The molecule has 1 atom stereocenters. The first-order valence-electron chi connectivity index (χ1n) is 12.2. The Morgan fingerprint density at radius 3 is 2.32 bits per heavy atom. The zero-order chi connectivity index (χ0) is 27.2. The lowest BCUT2D eigenvalue weighted by molar-refractivity contribution is -0.140. The highest BCUT2D eigenvalue weighted by Crippen LogP contribution is 2.42. The van der Waals surface area contributed by atoms with Gasteiger partial charge in [0.05, 0.1) is 32.4 Å². The minimum atomic E-state index is -0.835. The van der Waals surface area contributed by atoms with Crippen LogP contribution < -0.4 is 14.2 Å². The molecule has 8 heteroatoms. The molecular weight excluding hydrogens is 486 g/mol. The smallest absolute Gasteiger partial charge is 0.295 e. The van der Waals surface area contributed by atoms with Gasteiger partial charge in [-0.05, 0) is 53.9 Å². The van der Waals surface area contributed by atoms with Gasteiger partial charge in [0, 0.05) is 19.2 Å². The number of carbonyl (C=O) groups is 2. The molecule has 0 saturated carbocycles. The van der Waals surface area contributed by atoms with E-state index in [0.29, 0.717) is 40.5 Å². The number of hydrogen-bond donors (Lipinski definition) is 1. The Labute approximate surface area is 222 Å². The number of aryl methyl sites for hydroxylation is 1. The van der Waals surface area contributed by atoms with Gasteiger partial charge in [0.1, 0.15) is 18.1 Å². The number of aliphatic hydroxyl groups is 1. The Morgan fingerprint density at radius 2 is 1.66 bits per heavy atom. The highest BCUT2D eigenvalue weighted by Gasteiger charge is 2.46. The van der Waals surface area contributed by atoms with Crippen molar-refractivity contribution in [2.45, 2.75) is 19.6 Å². The molecule has 1 aliphatic heterocycles. The molecule has 0 spiro atoms. The second-order valence-corrected chi connectivity index (χ2v) is 8.85. The van der Waals surface area contributed by atoms with E-state index in [1.54, 1.807) is 36.4 Å². The first-order valence-corrected chi connectivity index (χ1v) is 12.2. The van der Waals surface area contributed by atoms with Crippen LogP contribution in [0.3, 0.4) is 0 Å². The largest absolute Gasteiger partial charge is 0.507 e. The Morgan fingerprint density at radius 1 is 0.921 bits per heavy atom. The number of benzene rings is 3. The van der Waals surface area contributed by atoms with Crippen LogP contribution >= 0.6 is 0 Å². The van der Waals surface area contributed by atoms with E-state index in [1.165, 1.54) is 26.2 Å². The van der Waals surface area contributed by atoms with Gasteiger partial charge in [-0.2, -0.15) is 0 Å². The van der Waals surface area contributed by atoms with Gasteiger partial charge in [-0.1, -0.05) is 36.4 Å². The number of ketones is 1. The molecule has 1 amide bonds. The van der Waals surface area contributed by atoms with Crippen LogP contribution in [-0.4, -0.2) is 56.2 Å². The summed E-state index contributed by atoms with van der Waals surface area (Å²) in [4.78, 5) is 27.7. The van der Waals surface area contributed by atoms with Crippen LogP contribution in [0.5, 0.6) is 17.2 Å². The maximum atomic E-state index is 13.3. The van der Waals surface area contributed by atoms with Crippen LogP contribution in [0.25, 0.3) is 5.76 Å². The van der Waals surface area contributed by atoms with Crippen molar-refractivity contribution in [3.05, 3.63) is 94.6 Å². The highest BCUT2D eigenvalue weighted by atomic mass is 16.5. The van der Waals surface area contributed by atoms with Gasteiger partial charge in [0.15, 0.2) is 11.5 Å². The van der Waals surface area contributed by atoms with Crippen molar-refractivity contribution in [3.8, 4) is 17.2 Å². The number of rotatable bonds is 10. The fourth-order valence-electron chi connectivity index (χ4n) is 4.55. The van der Waals surface area contributed by atoms with Crippen molar-refractivity contribution in [2.24, 2.45) is 0 Å². The molecule has 4 rings (SSSR count). The molecule has 3 aromatic rings. The summed E-state index contributed by atoms with van der Waals surface area (Å²) in [5.74, 6) is -0.147. The number of hydrogen-bond acceptors (Lipinski definition) is 7. The molecule has 198 valence electrons. The first kappa shape index (κ1) is 26.8. The molecule has 8 nitrogen and oxygen atoms in total. The summed E-state index contributed by atoms with van der Waals surface area (Å²) in [7, 11) is 4.55. The molecule has 1 heterocycles. The topological polar surface area (TPSA) is 94.5 Å². The van der Waals surface area contributed by atoms with Gasteiger partial charge >= 0.3 is 0 Å². The maximum absolute atomic E-state index is 13.3. The molecule has 0 aliphatic carbocycles. The summed E-state index contributed by atoms with van der Waals surface area (Å²) < 4.78 is 21.9. The molecule has 1 aliphatic rings. The quantitative estimate of drug-likeness (QED) is 0.237. The van der Waals surface area contributed by atoms with Crippen LogP contribution in [-0.2, 0) is 20.9 Å². The van der Waals surface area contributed by atoms with Crippen LogP contribution in [0.4, 0.5) is 0 Å². The van der Waals surface area contributed by atoms with Crippen LogP contribution in [0.15, 0.2) is 72.3 Å². The number of methoxy groups -OCH3 is 3. The Hall–Kier alpha value is -4.30. The molecule has 3 aromatic carbocycles. The van der Waals surface area contributed by atoms with E-state index in [9.17, 15) is 14.7 Å². The van der Waals surface area contributed by atoms with Crippen molar-refractivity contribution in [1.82, 2.24) is 4.90 Å². The van der Waals surface area contributed by atoms with Gasteiger partial charge in [-0.15, -0.1) is 0 Å². The lowest BCUT2D eigenvalue weighted by Gasteiger charge is -2.25. The molecule has 1 saturated heterocycles. The normalized spacial score (nSPS) is 16.5. The lowest BCUT2D eigenvalue weighted by atomic mass is 9.93. The summed E-state index contributed by atoms with van der Waals surface area (Å²) >= 11 is 0. The standard InChI is InChI=1S/C30H31NO7/c1-19-16-22(38-18-20-8-6-5-7-9-20)11-12-23(19)28(32)26-27(31(14-15-35-2)30(34)29(26)33)21-10-13-24(36-3)25(17-21)37-4/h5-13,16-17,27,32H,14-15,18H2,1-4H3/b28-26+. The van der Waals surface area contributed by atoms with Crippen LogP contribution in [0.1, 0.15) is 28.3 Å². The number of Topliss-reactive ketones (excluding diaryl/α,β-unsaturated/α-hetero) is 1. The number of aliphatic hydroxyl groups excluding tert-OH is 1. The average Bonchev–Trinajstić information content (AvgIpc) is 3.19. The maximum Gasteiger partial charge on any atom is 0.295 e. The van der Waals surface area contributed by atoms with Gasteiger partial charge in [0.25, 0.3) is 11.7 Å². The Kier molecular flexibility index (Phi) is 8.33. The predicted molar refractivity (Wildman–Crippen MR) is 142 cm³/mol. The minimum Gasteiger partial charge on any atom is -0.507 e. The number of likely N-dealkylation sites (tertiary alicyclic amines) is 1. The van der Waals surface area contributed by atoms with E-state index in [2.05, 4.69) is 0 Å². The third-order valence-corrected chi connectivity index (χ3v) is 6.50. The van der Waals surface area contributed by atoms with E-state index >= 15 is 0 Å². The lowest BCUT2D eigenvalue weighted by Crippen LogP contribution is -2.32. The van der Waals surface area contributed by atoms with E-state index in [4.69, 9.17) is 18.9 Å². The minimum absolute atomic E-state index is 0.000577. The number of nitrogens with zero attached hydrogens (tertiary/aromatic N) is 1. The fourth-order valence-corrected chi connectivity index (χ4v) is 4.55. The van der Waals surface area contributed by atoms with E-state index in [1.807, 2.05) is 37.3 Å². The number of ether oxygens (including phenoxy) is 4. The Balaban J connectivity index is 1.74. The molecule has 0 aromatic heterocycles. The van der Waals surface area contributed by atoms with Gasteiger partial charge in [-0.3, -0.25) is 9.59 Å². The van der Waals surface area contributed by atoms with Crippen LogP contribution in [0, 0.1) is 6.92 Å². The van der Waals surface area contributed by atoms with Gasteiger partial charge < -0.3 is 29.0 Å². The monoisotopic (exact) mass is 517 g/mol. The van der Waals surface area contributed by atoms with Crippen molar-refractivity contribution in [3.63, 3.8) is 0 Å². The highest BCUT2D eigenvalue weighted by molar-refractivity contribution is 6.46. The van der Waals surface area contributed by atoms with E-state index in [-0.39, 0.29) is 24.5 Å². The van der Waals surface area contributed by atoms with Crippen molar-refractivity contribution >= 4 is 17.4 Å². The SMILES string of the molecule is COCCN1C(=O)C(=O)/C(=C(/O)c2ccc(OCc3ccccc3)cc2C)C1c1ccc(OC)c(OC)c1. The average molecular weight is 518 g/mol. The third-order valence-electron chi connectivity index (χ3n) is 6.50. The molecule has 38 heavy (non-hydrogen) atoms. The summed E-state index contributed by atoms with van der Waals surface area (Å²) in [6.07, 6.45) is 0. The summed E-state index contributed by atoms with van der Waals surface area (Å²) in [6, 6.07) is 19.3. The summed E-state index contributed by atoms with van der Waals surface area (Å²) in [6.45, 7) is 2.61. The molecule has 1 N–H and O–H groups in total. The molecular formula is C30H31NO7. The van der Waals surface area contributed by atoms with Crippen LogP contribution in [0.2, 0.25) is 0 Å². The second-order valence-electron chi connectivity index (χ2n) is 8.85. The molecule has 1 unspecified atom stereocenters. The number of carbonyl (C=O) groups excluding carboxylic acids is 2.